The minimum atomic E-state index is -0.582. The summed E-state index contributed by atoms with van der Waals surface area (Å²) in [6.45, 7) is 5.96. The first-order chi connectivity index (χ1) is 14.9. The van der Waals surface area contributed by atoms with E-state index in [9.17, 15) is 14.9 Å². The van der Waals surface area contributed by atoms with Gasteiger partial charge in [-0.3, -0.25) is 4.79 Å². The van der Waals surface area contributed by atoms with Crippen molar-refractivity contribution in [1.29, 1.82) is 5.26 Å². The van der Waals surface area contributed by atoms with Gasteiger partial charge in [0, 0.05) is 6.54 Å². The Morgan fingerprint density at radius 3 is 2.45 bits per heavy atom. The van der Waals surface area contributed by atoms with Crippen LogP contribution in [0.5, 0.6) is 17.2 Å². The largest absolute Gasteiger partial charge is 0.493 e. The van der Waals surface area contributed by atoms with Crippen LogP contribution in [0, 0.1) is 25.2 Å². The topological polar surface area (TPSA) is 97.7 Å². The van der Waals surface area contributed by atoms with Crippen molar-refractivity contribution in [2.45, 2.75) is 27.2 Å². The maximum Gasteiger partial charge on any atom is 0.349 e. The summed E-state index contributed by atoms with van der Waals surface area (Å²) in [5.74, 6) is 0.129. The number of hydrogen-bond acceptors (Lipinski definition) is 6. The Labute approximate surface area is 182 Å². The number of esters is 1. The molecule has 7 heteroatoms. The zero-order valence-corrected chi connectivity index (χ0v) is 18.2. The number of carbonyl (C=O) groups excluding carboxylic acids is 2. The van der Waals surface area contributed by atoms with Gasteiger partial charge < -0.3 is 19.5 Å². The second kappa shape index (κ2) is 11.4. The molecule has 0 radical (unpaired) electrons. The van der Waals surface area contributed by atoms with E-state index in [1.165, 1.54) is 13.2 Å². The lowest BCUT2D eigenvalue weighted by molar-refractivity contribution is -0.136. The molecule has 0 aromatic heterocycles. The molecule has 2 aromatic rings. The molecule has 0 bridgehead atoms. The standard InChI is InChI=1S/C24H26N2O5/c1-5-11-26-24(28)19(14-25)12-18-9-10-20(21(13-18)29-4)31-22(27)15-30-23-16(2)7-6-8-17(23)3/h6-10,12-13H,5,11,15H2,1-4H3,(H,26,28)/b19-12+. The molecule has 0 atom stereocenters. The van der Waals surface area contributed by atoms with E-state index in [2.05, 4.69) is 5.32 Å². The van der Waals surface area contributed by atoms with E-state index in [1.54, 1.807) is 18.2 Å². The third-order valence-electron chi connectivity index (χ3n) is 4.37. The summed E-state index contributed by atoms with van der Waals surface area (Å²) in [4.78, 5) is 24.3. The Hall–Kier alpha value is -3.79. The average molecular weight is 422 g/mol. The van der Waals surface area contributed by atoms with Crippen LogP contribution in [0.1, 0.15) is 30.0 Å². The smallest absolute Gasteiger partial charge is 0.349 e. The van der Waals surface area contributed by atoms with Crippen LogP contribution < -0.4 is 19.5 Å². The third-order valence-corrected chi connectivity index (χ3v) is 4.37. The van der Waals surface area contributed by atoms with Gasteiger partial charge >= 0.3 is 5.97 Å². The van der Waals surface area contributed by atoms with E-state index in [-0.39, 0.29) is 17.9 Å². The molecule has 0 spiro atoms. The van der Waals surface area contributed by atoms with Crippen molar-refractivity contribution in [3.63, 3.8) is 0 Å². The van der Waals surface area contributed by atoms with Gasteiger partial charge in [-0.25, -0.2) is 4.79 Å². The number of nitrogens with one attached hydrogen (secondary N) is 1. The van der Waals surface area contributed by atoms with Crippen LogP contribution in [-0.4, -0.2) is 32.1 Å². The van der Waals surface area contributed by atoms with Crippen LogP contribution in [-0.2, 0) is 9.59 Å². The summed E-state index contributed by atoms with van der Waals surface area (Å²) >= 11 is 0. The molecular weight excluding hydrogens is 396 g/mol. The first-order valence-electron chi connectivity index (χ1n) is 9.87. The van der Waals surface area contributed by atoms with E-state index in [4.69, 9.17) is 14.2 Å². The van der Waals surface area contributed by atoms with Crippen LogP contribution in [0.4, 0.5) is 0 Å². The van der Waals surface area contributed by atoms with Crippen molar-refractivity contribution in [2.24, 2.45) is 0 Å². The Morgan fingerprint density at radius 1 is 1.13 bits per heavy atom. The zero-order valence-electron chi connectivity index (χ0n) is 18.2. The fourth-order valence-corrected chi connectivity index (χ4v) is 2.82. The zero-order chi connectivity index (χ0) is 22.8. The number of para-hydroxylation sites is 1. The van der Waals surface area contributed by atoms with Gasteiger partial charge in [0.25, 0.3) is 5.91 Å². The molecule has 0 aliphatic heterocycles. The molecule has 0 unspecified atom stereocenters. The molecule has 162 valence electrons. The van der Waals surface area contributed by atoms with Gasteiger partial charge in [0.15, 0.2) is 18.1 Å². The number of aryl methyl sites for hydroxylation is 2. The van der Waals surface area contributed by atoms with Gasteiger partial charge in [-0.05, 0) is 55.2 Å². The van der Waals surface area contributed by atoms with E-state index in [1.807, 2.05) is 45.0 Å². The molecule has 0 aliphatic carbocycles. The number of nitriles is 1. The summed E-state index contributed by atoms with van der Waals surface area (Å²) in [7, 11) is 1.44. The SMILES string of the molecule is CCCNC(=O)/C(C#N)=C/c1ccc(OC(=O)COc2c(C)cccc2C)c(OC)c1. The molecule has 7 nitrogen and oxygen atoms in total. The normalized spacial score (nSPS) is 10.7. The number of rotatable bonds is 9. The van der Waals surface area contributed by atoms with Crippen molar-refractivity contribution >= 4 is 18.0 Å². The lowest BCUT2D eigenvalue weighted by atomic mass is 10.1. The van der Waals surface area contributed by atoms with Crippen LogP contribution in [0.15, 0.2) is 42.0 Å². The number of methoxy groups -OCH3 is 1. The molecule has 0 saturated heterocycles. The van der Waals surface area contributed by atoms with Gasteiger partial charge in [0.05, 0.1) is 7.11 Å². The number of hydrogen-bond donors (Lipinski definition) is 1. The summed E-state index contributed by atoms with van der Waals surface area (Å²) in [6, 6.07) is 12.4. The molecule has 1 N–H and O–H groups in total. The molecular formula is C24H26N2O5. The highest BCUT2D eigenvalue weighted by Gasteiger charge is 2.14. The quantitative estimate of drug-likeness (QED) is 0.286. The molecule has 0 saturated carbocycles. The number of amides is 1. The van der Waals surface area contributed by atoms with Crippen molar-refractivity contribution in [1.82, 2.24) is 5.32 Å². The second-order valence-electron chi connectivity index (χ2n) is 6.82. The lowest BCUT2D eigenvalue weighted by Crippen LogP contribution is -2.25. The van der Waals surface area contributed by atoms with Gasteiger partial charge in [-0.2, -0.15) is 5.26 Å². The van der Waals surface area contributed by atoms with E-state index >= 15 is 0 Å². The number of carbonyl (C=O) groups is 2. The first kappa shape index (κ1) is 23.5. The Kier molecular flexibility index (Phi) is 8.64. The molecule has 0 fully saturated rings. The Morgan fingerprint density at radius 2 is 1.84 bits per heavy atom. The molecule has 0 aliphatic rings. The molecule has 31 heavy (non-hydrogen) atoms. The molecule has 1 amide bonds. The fourth-order valence-electron chi connectivity index (χ4n) is 2.82. The van der Waals surface area contributed by atoms with Gasteiger partial charge in [-0.15, -0.1) is 0 Å². The third kappa shape index (κ3) is 6.61. The van der Waals surface area contributed by atoms with Crippen LogP contribution in [0.25, 0.3) is 6.08 Å². The summed E-state index contributed by atoms with van der Waals surface area (Å²) in [5.41, 5.74) is 2.39. The summed E-state index contributed by atoms with van der Waals surface area (Å²) in [5, 5.41) is 11.9. The van der Waals surface area contributed by atoms with Gasteiger partial charge in [0.1, 0.15) is 17.4 Å². The summed E-state index contributed by atoms with van der Waals surface area (Å²) < 4.78 is 16.3. The molecule has 2 rings (SSSR count). The van der Waals surface area contributed by atoms with Crippen molar-refractivity contribution in [3.05, 3.63) is 58.7 Å². The van der Waals surface area contributed by atoms with E-state index in [0.717, 1.165) is 17.5 Å². The Bertz CT molecular complexity index is 1000. The maximum atomic E-state index is 12.3. The second-order valence-corrected chi connectivity index (χ2v) is 6.82. The minimum Gasteiger partial charge on any atom is -0.493 e. The number of benzene rings is 2. The number of nitrogens with zero attached hydrogens (tertiary/aromatic N) is 1. The van der Waals surface area contributed by atoms with Gasteiger partial charge in [-0.1, -0.05) is 31.2 Å². The van der Waals surface area contributed by atoms with Crippen LogP contribution >= 0.6 is 0 Å². The Balaban J connectivity index is 2.10. The van der Waals surface area contributed by atoms with E-state index < -0.39 is 11.9 Å². The highest BCUT2D eigenvalue weighted by molar-refractivity contribution is 6.01. The average Bonchev–Trinajstić information content (AvgIpc) is 2.76. The predicted octanol–water partition coefficient (Wildman–Crippen LogP) is 3.73. The van der Waals surface area contributed by atoms with Crippen LogP contribution in [0.3, 0.4) is 0 Å². The van der Waals surface area contributed by atoms with E-state index in [0.29, 0.717) is 23.6 Å². The minimum absolute atomic E-state index is 0.0257. The predicted molar refractivity (Wildman–Crippen MR) is 117 cm³/mol. The van der Waals surface area contributed by atoms with Crippen molar-refractivity contribution in [2.75, 3.05) is 20.3 Å². The highest BCUT2D eigenvalue weighted by Crippen LogP contribution is 2.29. The highest BCUT2D eigenvalue weighted by atomic mass is 16.6. The van der Waals surface area contributed by atoms with Crippen molar-refractivity contribution in [3.8, 4) is 23.3 Å². The molecule has 2 aromatic carbocycles. The monoisotopic (exact) mass is 422 g/mol. The lowest BCUT2D eigenvalue weighted by Gasteiger charge is -2.13. The summed E-state index contributed by atoms with van der Waals surface area (Å²) in [6.07, 6.45) is 2.22. The number of ether oxygens (including phenoxy) is 3. The first-order valence-corrected chi connectivity index (χ1v) is 9.87. The maximum absolute atomic E-state index is 12.3. The van der Waals surface area contributed by atoms with Crippen molar-refractivity contribution < 1.29 is 23.8 Å². The fraction of sp³-hybridized carbons (Fsp3) is 0.292. The van der Waals surface area contributed by atoms with Crippen LogP contribution in [0.2, 0.25) is 0 Å². The van der Waals surface area contributed by atoms with Gasteiger partial charge in [0.2, 0.25) is 0 Å². The molecule has 0 heterocycles.